The van der Waals surface area contributed by atoms with Crippen molar-refractivity contribution in [3.05, 3.63) is 0 Å². The molecule has 4 heteroatoms. The second kappa shape index (κ2) is 3.48. The molecule has 0 aromatic rings. The molecule has 1 nitrogen and oxygen atoms in total. The summed E-state index contributed by atoms with van der Waals surface area (Å²) in [6, 6.07) is 0. The molecule has 66 valence electrons. The van der Waals surface area contributed by atoms with E-state index >= 15 is 0 Å². The number of hydrogen-bond acceptors (Lipinski definition) is 1. The maximum absolute atomic E-state index is 12.1. The summed E-state index contributed by atoms with van der Waals surface area (Å²) in [5.74, 6) is -2.00. The van der Waals surface area contributed by atoms with Gasteiger partial charge in [-0.25, -0.2) is 0 Å². The largest absolute Gasteiger partial charge is 0.380 e. The molecule has 0 saturated heterocycles. The number of hydrogen-bond donors (Lipinski definition) is 0. The quantitative estimate of drug-likeness (QED) is 0.617. The van der Waals surface area contributed by atoms with Crippen molar-refractivity contribution in [2.75, 3.05) is 0 Å². The lowest BCUT2D eigenvalue weighted by molar-refractivity contribution is -0.138. The zero-order valence-electron chi connectivity index (χ0n) is 6.70. The molecule has 1 atom stereocenters. The van der Waals surface area contributed by atoms with Crippen LogP contribution in [0, 0.1) is 11.8 Å². The van der Waals surface area contributed by atoms with Gasteiger partial charge in [0.05, 0.1) is 0 Å². The van der Waals surface area contributed by atoms with Crippen LogP contribution >= 0.6 is 11.6 Å². The maximum atomic E-state index is 12.1. The fourth-order valence-electron chi connectivity index (χ4n) is 0.561. The van der Waals surface area contributed by atoms with Crippen LogP contribution in [-0.2, 0) is 4.79 Å². The summed E-state index contributed by atoms with van der Waals surface area (Å²) in [6.07, 6.45) is 0. The van der Waals surface area contributed by atoms with Crippen LogP contribution in [0.15, 0.2) is 0 Å². The van der Waals surface area contributed by atoms with E-state index in [1.165, 1.54) is 6.92 Å². The fraction of sp³-hybridized carbons (Fsp3) is 0.857. The SMILES string of the molecule is CC(C)C(C)C(=O)C(F)(F)Cl. The first-order valence-corrected chi connectivity index (χ1v) is 3.75. The smallest absolute Gasteiger partial charge is 0.291 e. The molecule has 0 heterocycles. The predicted molar refractivity (Wildman–Crippen MR) is 39.8 cm³/mol. The highest BCUT2D eigenvalue weighted by molar-refractivity contribution is 6.32. The number of carbonyl (C=O) groups excluding carboxylic acids is 1. The summed E-state index contributed by atoms with van der Waals surface area (Å²) in [4.78, 5) is 10.7. The van der Waals surface area contributed by atoms with Crippen molar-refractivity contribution in [3.63, 3.8) is 0 Å². The molecule has 0 fully saturated rings. The minimum Gasteiger partial charge on any atom is -0.291 e. The van der Waals surface area contributed by atoms with Crippen molar-refractivity contribution in [3.8, 4) is 0 Å². The van der Waals surface area contributed by atoms with E-state index in [1.807, 2.05) is 0 Å². The first kappa shape index (κ1) is 10.8. The zero-order chi connectivity index (χ0) is 9.23. The van der Waals surface area contributed by atoms with E-state index in [0.29, 0.717) is 0 Å². The maximum Gasteiger partial charge on any atom is 0.380 e. The van der Waals surface area contributed by atoms with E-state index in [1.54, 1.807) is 13.8 Å². The molecule has 0 saturated carbocycles. The molecule has 0 radical (unpaired) electrons. The molecule has 1 unspecified atom stereocenters. The predicted octanol–water partition coefficient (Wildman–Crippen LogP) is 2.68. The van der Waals surface area contributed by atoms with E-state index < -0.39 is 17.1 Å². The minimum absolute atomic E-state index is 0.105. The Morgan fingerprint density at radius 3 is 1.82 bits per heavy atom. The zero-order valence-corrected chi connectivity index (χ0v) is 7.45. The van der Waals surface area contributed by atoms with Crippen molar-refractivity contribution < 1.29 is 13.6 Å². The number of carbonyl (C=O) groups is 1. The van der Waals surface area contributed by atoms with Crippen LogP contribution < -0.4 is 0 Å². The van der Waals surface area contributed by atoms with Crippen LogP contribution in [-0.4, -0.2) is 11.2 Å². The first-order chi connectivity index (χ1) is 4.76. The number of halogens is 3. The van der Waals surface area contributed by atoms with Gasteiger partial charge >= 0.3 is 5.38 Å². The highest BCUT2D eigenvalue weighted by atomic mass is 35.5. The third kappa shape index (κ3) is 3.14. The molecule has 0 aliphatic carbocycles. The van der Waals surface area contributed by atoms with Crippen LogP contribution in [0.25, 0.3) is 0 Å². The number of alkyl halides is 3. The number of Topliss-reactive ketones (excluding diaryl/α,β-unsaturated/α-hetero) is 1. The Morgan fingerprint density at radius 2 is 1.73 bits per heavy atom. The topological polar surface area (TPSA) is 17.1 Å². The van der Waals surface area contributed by atoms with Gasteiger partial charge in [0.1, 0.15) is 0 Å². The molecule has 0 spiro atoms. The molecule has 0 aromatic carbocycles. The van der Waals surface area contributed by atoms with E-state index in [-0.39, 0.29) is 5.92 Å². The van der Waals surface area contributed by atoms with Crippen LogP contribution in [0.5, 0.6) is 0 Å². The van der Waals surface area contributed by atoms with Crippen molar-refractivity contribution in [1.29, 1.82) is 0 Å². The minimum atomic E-state index is -3.70. The lowest BCUT2D eigenvalue weighted by atomic mass is 9.94. The third-order valence-corrected chi connectivity index (χ3v) is 1.88. The standard InChI is InChI=1S/C7H11ClF2O/c1-4(2)5(3)6(11)7(8,9)10/h4-5H,1-3H3. The van der Waals surface area contributed by atoms with Crippen molar-refractivity contribution in [2.24, 2.45) is 11.8 Å². The summed E-state index contributed by atoms with van der Waals surface area (Å²) in [6.45, 7) is 4.85. The number of rotatable bonds is 3. The Kier molecular flexibility index (Phi) is 3.42. The molecule has 0 amide bonds. The second-order valence-corrected chi connectivity index (χ2v) is 3.37. The molecule has 0 bridgehead atoms. The Labute approximate surface area is 69.7 Å². The lowest BCUT2D eigenvalue weighted by Gasteiger charge is -2.16. The Hall–Kier alpha value is -0.180. The summed E-state index contributed by atoms with van der Waals surface area (Å²) in [5, 5.41) is -3.70. The van der Waals surface area contributed by atoms with Crippen molar-refractivity contribution >= 4 is 17.4 Å². The van der Waals surface area contributed by atoms with Crippen LogP contribution in [0.4, 0.5) is 8.78 Å². The van der Waals surface area contributed by atoms with Gasteiger partial charge in [0.25, 0.3) is 0 Å². The van der Waals surface area contributed by atoms with E-state index in [9.17, 15) is 13.6 Å². The molecule has 0 aliphatic heterocycles. The molecule has 11 heavy (non-hydrogen) atoms. The molecular weight excluding hydrogens is 174 g/mol. The summed E-state index contributed by atoms with van der Waals surface area (Å²) in [7, 11) is 0. The Balaban J connectivity index is 4.26. The summed E-state index contributed by atoms with van der Waals surface area (Å²) >= 11 is 4.54. The molecule has 0 N–H and O–H groups in total. The molecule has 0 aromatic heterocycles. The van der Waals surface area contributed by atoms with Gasteiger partial charge in [-0.15, -0.1) is 0 Å². The van der Waals surface area contributed by atoms with Crippen LogP contribution in [0.2, 0.25) is 0 Å². The fourth-order valence-corrected chi connectivity index (χ4v) is 0.733. The first-order valence-electron chi connectivity index (χ1n) is 3.38. The van der Waals surface area contributed by atoms with Gasteiger partial charge in [0, 0.05) is 5.92 Å². The summed E-state index contributed by atoms with van der Waals surface area (Å²) < 4.78 is 24.3. The van der Waals surface area contributed by atoms with Gasteiger partial charge in [-0.2, -0.15) is 8.78 Å². The van der Waals surface area contributed by atoms with Gasteiger partial charge in [-0.3, -0.25) is 4.79 Å². The molecule has 0 aliphatic rings. The van der Waals surface area contributed by atoms with Crippen molar-refractivity contribution in [2.45, 2.75) is 26.2 Å². The van der Waals surface area contributed by atoms with Crippen LogP contribution in [0.1, 0.15) is 20.8 Å². The molecule has 0 rings (SSSR count). The lowest BCUT2D eigenvalue weighted by Crippen LogP contribution is -2.30. The van der Waals surface area contributed by atoms with E-state index in [0.717, 1.165) is 0 Å². The average Bonchev–Trinajstić information content (AvgIpc) is 1.82. The monoisotopic (exact) mass is 184 g/mol. The van der Waals surface area contributed by atoms with Gasteiger partial charge in [-0.1, -0.05) is 20.8 Å². The number of ketones is 1. The Morgan fingerprint density at radius 1 is 1.36 bits per heavy atom. The second-order valence-electron chi connectivity index (χ2n) is 2.89. The Bertz CT molecular complexity index is 151. The molecular formula is C7H11ClF2O. The van der Waals surface area contributed by atoms with E-state index in [2.05, 4.69) is 11.6 Å². The van der Waals surface area contributed by atoms with Gasteiger partial charge in [0.15, 0.2) is 0 Å². The average molecular weight is 185 g/mol. The highest BCUT2D eigenvalue weighted by Gasteiger charge is 2.39. The normalized spacial score (nSPS) is 15.2. The van der Waals surface area contributed by atoms with E-state index in [4.69, 9.17) is 0 Å². The van der Waals surface area contributed by atoms with Crippen molar-refractivity contribution in [1.82, 2.24) is 0 Å². The van der Waals surface area contributed by atoms with Gasteiger partial charge in [0.2, 0.25) is 5.78 Å². The highest BCUT2D eigenvalue weighted by Crippen LogP contribution is 2.26. The summed E-state index contributed by atoms with van der Waals surface area (Å²) in [5.41, 5.74) is 0. The third-order valence-electron chi connectivity index (χ3n) is 1.69. The van der Waals surface area contributed by atoms with Gasteiger partial charge in [-0.05, 0) is 17.5 Å². The van der Waals surface area contributed by atoms with Gasteiger partial charge < -0.3 is 0 Å². The van der Waals surface area contributed by atoms with Crippen LogP contribution in [0.3, 0.4) is 0 Å².